The fraction of sp³-hybridized carbons (Fsp3) is 0.545. The van der Waals surface area contributed by atoms with E-state index in [4.69, 9.17) is 5.73 Å². The zero-order valence-electron chi connectivity index (χ0n) is 11.3. The van der Waals surface area contributed by atoms with Gasteiger partial charge in [0.1, 0.15) is 11.7 Å². The van der Waals surface area contributed by atoms with Gasteiger partial charge in [-0.05, 0) is 13.8 Å². The Morgan fingerprint density at radius 3 is 2.39 bits per heavy atom. The summed E-state index contributed by atoms with van der Waals surface area (Å²) < 4.78 is 1.41. The van der Waals surface area contributed by atoms with Crippen molar-refractivity contribution < 1.29 is 9.59 Å². The number of nitrogens with zero attached hydrogens (tertiary/aromatic N) is 3. The lowest BCUT2D eigenvalue weighted by atomic mass is 10.2. The van der Waals surface area contributed by atoms with E-state index in [1.807, 2.05) is 0 Å². The average Bonchev–Trinajstić information content (AvgIpc) is 2.51. The Bertz CT molecular complexity index is 478. The van der Waals surface area contributed by atoms with Crippen LogP contribution in [-0.4, -0.2) is 46.6 Å². The van der Waals surface area contributed by atoms with Gasteiger partial charge in [0.2, 0.25) is 5.91 Å². The molecule has 1 atom stereocenters. The predicted octanol–water partition coefficient (Wildman–Crippen LogP) is -0.483. The van der Waals surface area contributed by atoms with Crippen LogP contribution in [0.5, 0.6) is 0 Å². The number of carbonyl (C=O) groups excluding carboxylic acids is 2. The number of nitrogens with two attached hydrogens (primary N) is 1. The Kier molecular flexibility index (Phi) is 3.95. The molecule has 7 heteroatoms. The van der Waals surface area contributed by atoms with Crippen LogP contribution in [0.15, 0.2) is 0 Å². The third kappa shape index (κ3) is 2.61. The molecule has 0 fully saturated rings. The molecule has 2 amide bonds. The van der Waals surface area contributed by atoms with Crippen molar-refractivity contribution in [3.8, 4) is 0 Å². The van der Waals surface area contributed by atoms with E-state index in [1.54, 1.807) is 35.0 Å². The van der Waals surface area contributed by atoms with Gasteiger partial charge in [-0.1, -0.05) is 0 Å². The summed E-state index contributed by atoms with van der Waals surface area (Å²) in [7, 11) is 4.90. The number of likely N-dealkylation sites (N-methyl/N-ethyl adjacent to an activating group) is 1. The maximum absolute atomic E-state index is 12.0. The molecule has 1 aromatic rings. The number of nitrogens with one attached hydrogen (secondary N) is 1. The van der Waals surface area contributed by atoms with Gasteiger partial charge in [-0.3, -0.25) is 14.3 Å². The highest BCUT2D eigenvalue weighted by molar-refractivity contribution is 6.00. The molecule has 0 radical (unpaired) electrons. The summed E-state index contributed by atoms with van der Waals surface area (Å²) in [5.41, 5.74) is 6.97. The van der Waals surface area contributed by atoms with E-state index in [0.717, 1.165) is 0 Å². The van der Waals surface area contributed by atoms with E-state index < -0.39 is 11.9 Å². The zero-order chi connectivity index (χ0) is 14.0. The summed E-state index contributed by atoms with van der Waals surface area (Å²) in [6.45, 7) is 3.35. The number of carbonyl (C=O) groups is 2. The Morgan fingerprint density at radius 1 is 1.44 bits per heavy atom. The van der Waals surface area contributed by atoms with Crippen LogP contribution in [0.1, 0.15) is 23.1 Å². The minimum Gasteiger partial charge on any atom is -0.395 e. The Balaban J connectivity index is 2.86. The van der Waals surface area contributed by atoms with Crippen LogP contribution in [0.25, 0.3) is 0 Å². The molecule has 0 aliphatic carbocycles. The van der Waals surface area contributed by atoms with Crippen LogP contribution < -0.4 is 11.1 Å². The lowest BCUT2D eigenvalue weighted by Gasteiger charge is -2.18. The van der Waals surface area contributed by atoms with Crippen LogP contribution in [0.2, 0.25) is 0 Å². The number of rotatable bonds is 3. The van der Waals surface area contributed by atoms with Crippen molar-refractivity contribution in [1.29, 1.82) is 0 Å². The van der Waals surface area contributed by atoms with Gasteiger partial charge in [-0.25, -0.2) is 0 Å². The van der Waals surface area contributed by atoms with E-state index in [1.165, 1.54) is 9.58 Å². The Morgan fingerprint density at radius 2 is 2.00 bits per heavy atom. The molecule has 0 saturated heterocycles. The van der Waals surface area contributed by atoms with Gasteiger partial charge in [0.15, 0.2) is 0 Å². The molecule has 18 heavy (non-hydrogen) atoms. The highest BCUT2D eigenvalue weighted by Gasteiger charge is 2.22. The third-order valence-corrected chi connectivity index (χ3v) is 2.64. The molecule has 0 bridgehead atoms. The molecule has 0 aliphatic heterocycles. The molecule has 3 N–H and O–H groups in total. The van der Waals surface area contributed by atoms with Crippen molar-refractivity contribution in [3.05, 3.63) is 11.4 Å². The second-order valence-corrected chi connectivity index (χ2v) is 4.40. The van der Waals surface area contributed by atoms with Gasteiger partial charge in [-0.2, -0.15) is 5.10 Å². The smallest absolute Gasteiger partial charge is 0.272 e. The molecule has 1 aromatic heterocycles. The number of hydrogen-bond acceptors (Lipinski definition) is 4. The van der Waals surface area contributed by atoms with Crippen molar-refractivity contribution in [2.75, 3.05) is 19.8 Å². The molecule has 7 nitrogen and oxygen atoms in total. The Hall–Kier alpha value is -2.05. The fourth-order valence-electron chi connectivity index (χ4n) is 1.66. The summed E-state index contributed by atoms with van der Waals surface area (Å²) in [4.78, 5) is 25.1. The maximum atomic E-state index is 12.0. The molecule has 0 aromatic carbocycles. The first kappa shape index (κ1) is 14.0. The first-order valence-corrected chi connectivity index (χ1v) is 5.56. The van der Waals surface area contributed by atoms with E-state index in [-0.39, 0.29) is 11.6 Å². The second kappa shape index (κ2) is 5.07. The summed E-state index contributed by atoms with van der Waals surface area (Å²) in [5, 5.41) is 6.66. The number of hydrogen-bond donors (Lipinski definition) is 2. The number of aromatic nitrogens is 2. The molecular weight excluding hydrogens is 234 g/mol. The minimum atomic E-state index is -0.609. The first-order valence-electron chi connectivity index (χ1n) is 5.56. The van der Waals surface area contributed by atoms with Crippen molar-refractivity contribution >= 4 is 17.5 Å². The largest absolute Gasteiger partial charge is 0.395 e. The SMILES string of the molecule is Cc1nn(C)c(C(=O)NC(C)C(=O)N(C)C)c1N. The van der Waals surface area contributed by atoms with Crippen molar-refractivity contribution in [3.63, 3.8) is 0 Å². The molecule has 0 aliphatic rings. The van der Waals surface area contributed by atoms with Crippen LogP contribution >= 0.6 is 0 Å². The molecule has 1 heterocycles. The molecule has 100 valence electrons. The highest BCUT2D eigenvalue weighted by Crippen LogP contribution is 2.15. The summed E-state index contributed by atoms with van der Waals surface area (Å²) in [6.07, 6.45) is 0. The molecule has 1 unspecified atom stereocenters. The Labute approximate surface area is 106 Å². The van der Waals surface area contributed by atoms with E-state index in [0.29, 0.717) is 11.4 Å². The van der Waals surface area contributed by atoms with Crippen LogP contribution in [0, 0.1) is 6.92 Å². The first-order chi connectivity index (χ1) is 8.25. The van der Waals surface area contributed by atoms with Crippen LogP contribution in [-0.2, 0) is 11.8 Å². The summed E-state index contributed by atoms with van der Waals surface area (Å²) in [6, 6.07) is -0.609. The van der Waals surface area contributed by atoms with Crippen molar-refractivity contribution in [2.45, 2.75) is 19.9 Å². The molecule has 0 saturated carbocycles. The number of amides is 2. The van der Waals surface area contributed by atoms with Gasteiger partial charge in [0, 0.05) is 21.1 Å². The normalized spacial score (nSPS) is 12.1. The van der Waals surface area contributed by atoms with Gasteiger partial charge in [-0.15, -0.1) is 0 Å². The predicted molar refractivity (Wildman–Crippen MR) is 68.0 cm³/mol. The lowest BCUT2D eigenvalue weighted by molar-refractivity contribution is -0.130. The molecule has 0 spiro atoms. The lowest BCUT2D eigenvalue weighted by Crippen LogP contribution is -2.44. The van der Waals surface area contributed by atoms with Gasteiger partial charge in [0.25, 0.3) is 5.91 Å². The van der Waals surface area contributed by atoms with Crippen molar-refractivity contribution in [1.82, 2.24) is 20.0 Å². The highest BCUT2D eigenvalue weighted by atomic mass is 16.2. The quantitative estimate of drug-likeness (QED) is 0.760. The number of aryl methyl sites for hydroxylation is 2. The molecular formula is C11H19N5O2. The maximum Gasteiger partial charge on any atom is 0.272 e. The minimum absolute atomic E-state index is 0.180. The van der Waals surface area contributed by atoms with E-state index in [9.17, 15) is 9.59 Å². The number of nitrogen functional groups attached to an aromatic ring is 1. The topological polar surface area (TPSA) is 93.2 Å². The van der Waals surface area contributed by atoms with Crippen LogP contribution in [0.3, 0.4) is 0 Å². The third-order valence-electron chi connectivity index (χ3n) is 2.64. The zero-order valence-corrected chi connectivity index (χ0v) is 11.3. The van der Waals surface area contributed by atoms with E-state index in [2.05, 4.69) is 10.4 Å². The average molecular weight is 253 g/mol. The monoisotopic (exact) mass is 253 g/mol. The van der Waals surface area contributed by atoms with Crippen LogP contribution in [0.4, 0.5) is 5.69 Å². The number of anilines is 1. The van der Waals surface area contributed by atoms with Gasteiger partial charge < -0.3 is 16.0 Å². The molecule has 1 rings (SSSR count). The van der Waals surface area contributed by atoms with Gasteiger partial charge in [0.05, 0.1) is 11.4 Å². The standard InChI is InChI=1S/C11H19N5O2/c1-6-8(12)9(16(5)14-6)10(17)13-7(2)11(18)15(3)4/h7H,12H2,1-5H3,(H,13,17). The van der Waals surface area contributed by atoms with E-state index >= 15 is 0 Å². The summed E-state index contributed by atoms with van der Waals surface area (Å²) >= 11 is 0. The fourth-order valence-corrected chi connectivity index (χ4v) is 1.66. The van der Waals surface area contributed by atoms with Gasteiger partial charge >= 0.3 is 0 Å². The second-order valence-electron chi connectivity index (χ2n) is 4.40. The van der Waals surface area contributed by atoms with Crippen molar-refractivity contribution in [2.24, 2.45) is 7.05 Å². The summed E-state index contributed by atoms with van der Waals surface area (Å²) in [5.74, 6) is -0.584.